The van der Waals surface area contributed by atoms with Crippen LogP contribution in [0.1, 0.15) is 43.0 Å². The van der Waals surface area contributed by atoms with Crippen LogP contribution in [0.3, 0.4) is 0 Å². The van der Waals surface area contributed by atoms with Crippen LogP contribution < -0.4 is 10.6 Å². The zero-order valence-electron chi connectivity index (χ0n) is 13.3. The summed E-state index contributed by atoms with van der Waals surface area (Å²) in [5.74, 6) is 1.74. The topological polar surface area (TPSA) is 66.9 Å². The number of nitrogens with one attached hydrogen (secondary N) is 2. The number of rotatable bonds is 5. The monoisotopic (exact) mass is 318 g/mol. The Hall–Kier alpha value is -1.69. The molecule has 3 rings (SSSR count). The number of hydrogen-bond acceptors (Lipinski definition) is 5. The maximum Gasteiger partial charge on any atom is 0.221 e. The molecule has 2 heterocycles. The molecule has 0 unspecified atom stereocenters. The van der Waals surface area contributed by atoms with E-state index in [0.717, 1.165) is 29.3 Å². The van der Waals surface area contributed by atoms with Crippen LogP contribution in [0.25, 0.3) is 10.2 Å². The first kappa shape index (κ1) is 15.2. The quantitative estimate of drug-likeness (QED) is 0.889. The van der Waals surface area contributed by atoms with Gasteiger partial charge >= 0.3 is 0 Å². The van der Waals surface area contributed by atoms with Crippen LogP contribution in [0, 0.1) is 6.92 Å². The fraction of sp³-hybridized carbons (Fsp3) is 0.562. The van der Waals surface area contributed by atoms with Gasteiger partial charge in [-0.3, -0.25) is 4.79 Å². The molecule has 0 atom stereocenters. The fourth-order valence-corrected chi connectivity index (χ4v) is 4.23. The van der Waals surface area contributed by atoms with Crippen LogP contribution in [0.2, 0.25) is 0 Å². The third-order valence-corrected chi connectivity index (χ3v) is 4.96. The van der Waals surface area contributed by atoms with E-state index < -0.39 is 0 Å². The molecule has 2 aromatic heterocycles. The Morgan fingerprint density at radius 2 is 2.14 bits per heavy atom. The van der Waals surface area contributed by atoms with Gasteiger partial charge in [-0.2, -0.15) is 0 Å². The maximum atomic E-state index is 11.7. The molecule has 118 valence electrons. The van der Waals surface area contributed by atoms with Gasteiger partial charge in [-0.15, -0.1) is 11.3 Å². The van der Waals surface area contributed by atoms with Crippen LogP contribution >= 0.6 is 11.3 Å². The highest BCUT2D eigenvalue weighted by Gasteiger charge is 2.21. The molecule has 5 nitrogen and oxygen atoms in total. The summed E-state index contributed by atoms with van der Waals surface area (Å²) < 4.78 is 0. The third-order valence-electron chi connectivity index (χ3n) is 3.77. The summed E-state index contributed by atoms with van der Waals surface area (Å²) in [6.45, 7) is 6.45. The molecule has 0 radical (unpaired) electrons. The van der Waals surface area contributed by atoms with Crippen molar-refractivity contribution in [3.8, 4) is 0 Å². The average Bonchev–Trinajstić information content (AvgIpc) is 2.97. The minimum atomic E-state index is 0.0695. The summed E-state index contributed by atoms with van der Waals surface area (Å²) in [4.78, 5) is 23.4. The zero-order valence-corrected chi connectivity index (χ0v) is 14.1. The second kappa shape index (κ2) is 6.20. The van der Waals surface area contributed by atoms with E-state index in [2.05, 4.69) is 20.6 Å². The molecule has 0 aliphatic heterocycles. The smallest absolute Gasteiger partial charge is 0.221 e. The number of anilines is 1. The number of carbonyl (C=O) groups is 1. The molecule has 1 aliphatic carbocycles. The largest absolute Gasteiger partial charge is 0.369 e. The lowest BCUT2D eigenvalue weighted by Crippen LogP contribution is -2.31. The molecule has 0 spiro atoms. The minimum Gasteiger partial charge on any atom is -0.369 e. The number of hydrogen-bond donors (Lipinski definition) is 2. The summed E-state index contributed by atoms with van der Waals surface area (Å²) in [5, 5.41) is 7.42. The lowest BCUT2D eigenvalue weighted by molar-refractivity contribution is -0.121. The summed E-state index contributed by atoms with van der Waals surface area (Å²) in [7, 11) is 0. The summed E-state index contributed by atoms with van der Waals surface area (Å²) in [6, 6.07) is 0.181. The van der Waals surface area contributed by atoms with Gasteiger partial charge in [0.2, 0.25) is 5.91 Å². The first-order valence-electron chi connectivity index (χ1n) is 7.86. The van der Waals surface area contributed by atoms with Crippen LogP contribution in [0.15, 0.2) is 0 Å². The molecule has 6 heteroatoms. The van der Waals surface area contributed by atoms with E-state index in [0.29, 0.717) is 13.0 Å². The van der Waals surface area contributed by atoms with E-state index in [9.17, 15) is 4.79 Å². The highest BCUT2D eigenvalue weighted by atomic mass is 32.1. The van der Waals surface area contributed by atoms with Crippen LogP contribution in [0.4, 0.5) is 5.82 Å². The van der Waals surface area contributed by atoms with E-state index in [-0.39, 0.29) is 11.9 Å². The van der Waals surface area contributed by atoms with E-state index in [1.54, 1.807) is 11.3 Å². The van der Waals surface area contributed by atoms with Gasteiger partial charge in [-0.1, -0.05) is 0 Å². The number of nitrogens with zero attached hydrogens (tertiary/aromatic N) is 2. The maximum absolute atomic E-state index is 11.7. The zero-order chi connectivity index (χ0) is 15.7. The predicted molar refractivity (Wildman–Crippen MR) is 90.6 cm³/mol. The first-order valence-corrected chi connectivity index (χ1v) is 8.68. The average molecular weight is 318 g/mol. The third kappa shape index (κ3) is 3.06. The molecular weight excluding hydrogens is 296 g/mol. The van der Waals surface area contributed by atoms with Crippen molar-refractivity contribution in [3.05, 3.63) is 16.3 Å². The van der Waals surface area contributed by atoms with Crippen molar-refractivity contribution in [1.29, 1.82) is 0 Å². The van der Waals surface area contributed by atoms with Crippen molar-refractivity contribution in [2.75, 3.05) is 11.9 Å². The van der Waals surface area contributed by atoms with Gasteiger partial charge in [0.05, 0.1) is 5.39 Å². The van der Waals surface area contributed by atoms with Crippen molar-refractivity contribution >= 4 is 33.3 Å². The molecular formula is C16H22N4OS. The van der Waals surface area contributed by atoms with Crippen LogP contribution in [0.5, 0.6) is 0 Å². The molecule has 0 saturated heterocycles. The molecule has 22 heavy (non-hydrogen) atoms. The summed E-state index contributed by atoms with van der Waals surface area (Å²) >= 11 is 1.79. The van der Waals surface area contributed by atoms with Gasteiger partial charge in [0.15, 0.2) is 0 Å². The highest BCUT2D eigenvalue weighted by molar-refractivity contribution is 7.19. The van der Waals surface area contributed by atoms with Crippen molar-refractivity contribution in [2.24, 2.45) is 0 Å². The summed E-state index contributed by atoms with van der Waals surface area (Å²) in [5.41, 5.74) is 1.41. The van der Waals surface area contributed by atoms with Crippen molar-refractivity contribution in [1.82, 2.24) is 15.3 Å². The number of aromatic nitrogens is 2. The second-order valence-corrected chi connectivity index (χ2v) is 7.14. The molecule has 0 saturated carbocycles. The summed E-state index contributed by atoms with van der Waals surface area (Å²) in [6.07, 6.45) is 3.95. The number of fused-ring (bicyclic) bond motifs is 3. The second-order valence-electron chi connectivity index (χ2n) is 6.06. The molecule has 1 aliphatic rings. The first-order chi connectivity index (χ1) is 10.5. The van der Waals surface area contributed by atoms with E-state index >= 15 is 0 Å². The molecule has 1 amide bonds. The number of thiophene rings is 1. The van der Waals surface area contributed by atoms with Crippen LogP contribution in [-0.4, -0.2) is 28.5 Å². The lowest BCUT2D eigenvalue weighted by Gasteiger charge is -2.10. The van der Waals surface area contributed by atoms with Crippen LogP contribution in [-0.2, 0) is 17.6 Å². The Balaban J connectivity index is 1.77. The lowest BCUT2D eigenvalue weighted by atomic mass is 10.2. The van der Waals surface area contributed by atoms with Gasteiger partial charge in [0.25, 0.3) is 0 Å². The fourth-order valence-electron chi connectivity index (χ4n) is 2.92. The Kier molecular flexibility index (Phi) is 4.29. The normalized spacial score (nSPS) is 13.6. The van der Waals surface area contributed by atoms with Gasteiger partial charge in [-0.05, 0) is 45.6 Å². The number of amides is 1. The molecule has 0 bridgehead atoms. The predicted octanol–water partition coefficient (Wildman–Crippen LogP) is 2.82. The number of carbonyl (C=O) groups excluding carboxylic acids is 1. The SMILES string of the molecule is Cc1nc(NCCC(=O)NC(C)C)c2c3c(sc2n1)CCC3. The molecule has 2 N–H and O–H groups in total. The standard InChI is InChI=1S/C16H22N4OS/c1-9(2)18-13(21)7-8-17-15-14-11-5-4-6-12(11)22-16(14)20-10(3)19-15/h9H,4-8H2,1-3H3,(H,18,21)(H,17,19,20). The molecule has 0 aromatic carbocycles. The van der Waals surface area contributed by atoms with Crippen molar-refractivity contribution < 1.29 is 4.79 Å². The van der Waals surface area contributed by atoms with E-state index in [4.69, 9.17) is 0 Å². The Morgan fingerprint density at radius 1 is 1.32 bits per heavy atom. The highest BCUT2D eigenvalue weighted by Crippen LogP contribution is 2.39. The minimum absolute atomic E-state index is 0.0695. The Bertz CT molecular complexity index is 708. The molecule has 2 aromatic rings. The Morgan fingerprint density at radius 3 is 2.91 bits per heavy atom. The number of aryl methyl sites for hydroxylation is 3. The van der Waals surface area contributed by atoms with Crippen molar-refractivity contribution in [3.63, 3.8) is 0 Å². The van der Waals surface area contributed by atoms with Gasteiger partial charge < -0.3 is 10.6 Å². The van der Waals surface area contributed by atoms with Gasteiger partial charge in [0, 0.05) is 23.9 Å². The van der Waals surface area contributed by atoms with Gasteiger partial charge in [0.1, 0.15) is 16.5 Å². The van der Waals surface area contributed by atoms with Crippen molar-refractivity contribution in [2.45, 2.75) is 52.5 Å². The van der Waals surface area contributed by atoms with E-state index in [1.807, 2.05) is 20.8 Å². The van der Waals surface area contributed by atoms with Gasteiger partial charge in [-0.25, -0.2) is 9.97 Å². The van der Waals surface area contributed by atoms with E-state index in [1.165, 1.54) is 22.2 Å². The Labute approximate surface area is 134 Å². The molecule has 0 fully saturated rings.